The van der Waals surface area contributed by atoms with E-state index in [1.807, 2.05) is 6.07 Å². The summed E-state index contributed by atoms with van der Waals surface area (Å²) in [6.07, 6.45) is 1.50. The Hall–Kier alpha value is -0.800. The Balaban J connectivity index is 3.09. The minimum absolute atomic E-state index is 0.124. The van der Waals surface area contributed by atoms with Crippen LogP contribution in [0.3, 0.4) is 0 Å². The van der Waals surface area contributed by atoms with Crippen LogP contribution < -0.4 is 5.56 Å². The molecule has 0 aliphatic carbocycles. The van der Waals surface area contributed by atoms with Gasteiger partial charge in [-0.1, -0.05) is 33.6 Å². The summed E-state index contributed by atoms with van der Waals surface area (Å²) in [4.78, 5) is 13.9. The van der Waals surface area contributed by atoms with Gasteiger partial charge in [-0.3, -0.25) is 4.79 Å². The second kappa shape index (κ2) is 3.16. The Bertz CT molecular complexity index is 512. The highest BCUT2D eigenvalue weighted by Crippen LogP contribution is 2.27. The lowest BCUT2D eigenvalue weighted by Gasteiger charge is -2.00. The van der Waals surface area contributed by atoms with E-state index < -0.39 is 0 Å². The van der Waals surface area contributed by atoms with Crippen molar-refractivity contribution >= 4 is 38.3 Å². The molecule has 13 heavy (non-hydrogen) atoms. The maximum atomic E-state index is 11.3. The number of hydrogen-bond acceptors (Lipinski definition) is 1. The molecule has 0 unspecified atom stereocenters. The number of nitrogens with one attached hydrogen (secondary N) is 1. The van der Waals surface area contributed by atoms with Crippen LogP contribution in [0.1, 0.15) is 0 Å². The number of aromatic nitrogens is 1. The largest absolute Gasteiger partial charge is 0.327 e. The number of hydrogen-bond donors (Lipinski definition) is 1. The number of halogens is 2. The fraction of sp³-hybridized carbons (Fsp3) is 0. The quantitative estimate of drug-likeness (QED) is 0.774. The number of pyridine rings is 1. The Morgan fingerprint density at radius 3 is 2.85 bits per heavy atom. The summed E-state index contributed by atoms with van der Waals surface area (Å²) in [5, 5.41) is 1.90. The molecular weight excluding hydrogens is 253 g/mol. The van der Waals surface area contributed by atoms with Gasteiger partial charge in [0.25, 0.3) is 5.56 Å². The second-order valence-corrected chi connectivity index (χ2v) is 3.89. The Kier molecular flexibility index (Phi) is 2.14. The summed E-state index contributed by atoms with van der Waals surface area (Å²) in [6, 6.07) is 5.40. The van der Waals surface area contributed by atoms with Crippen molar-refractivity contribution in [1.29, 1.82) is 0 Å². The minimum Gasteiger partial charge on any atom is -0.327 e. The van der Waals surface area contributed by atoms with Crippen molar-refractivity contribution in [3.05, 3.63) is 44.2 Å². The number of aromatic amines is 1. The second-order valence-electron chi connectivity index (χ2n) is 2.63. The molecule has 0 aliphatic rings. The summed E-state index contributed by atoms with van der Waals surface area (Å²) >= 11 is 9.28. The van der Waals surface area contributed by atoms with Crippen LogP contribution >= 0.6 is 27.5 Å². The fourth-order valence-electron chi connectivity index (χ4n) is 1.23. The molecule has 1 aromatic carbocycles. The first-order chi connectivity index (χ1) is 6.20. The monoisotopic (exact) mass is 257 g/mol. The third kappa shape index (κ3) is 1.38. The number of rotatable bonds is 0. The molecule has 2 nitrogen and oxygen atoms in total. The lowest BCUT2D eigenvalue weighted by Crippen LogP contribution is -2.04. The Labute approximate surface area is 87.7 Å². The molecule has 1 heterocycles. The van der Waals surface area contributed by atoms with Crippen molar-refractivity contribution < 1.29 is 0 Å². The van der Waals surface area contributed by atoms with Crippen molar-refractivity contribution in [1.82, 2.24) is 4.98 Å². The molecule has 2 aromatic rings. The van der Waals surface area contributed by atoms with E-state index in [1.165, 1.54) is 6.20 Å². The molecule has 0 amide bonds. The maximum absolute atomic E-state index is 11.3. The van der Waals surface area contributed by atoms with Crippen LogP contribution in [0.4, 0.5) is 0 Å². The van der Waals surface area contributed by atoms with Gasteiger partial charge in [0.2, 0.25) is 0 Å². The predicted octanol–water partition coefficient (Wildman–Crippen LogP) is 2.94. The lowest BCUT2D eigenvalue weighted by molar-refractivity contribution is 1.28. The maximum Gasteiger partial charge on any atom is 0.255 e. The van der Waals surface area contributed by atoms with Crippen molar-refractivity contribution in [2.75, 3.05) is 0 Å². The van der Waals surface area contributed by atoms with Crippen molar-refractivity contribution in [2.24, 2.45) is 0 Å². The van der Waals surface area contributed by atoms with Crippen molar-refractivity contribution in [2.45, 2.75) is 0 Å². The molecular formula is C9H5BrClNO. The van der Waals surface area contributed by atoms with Crippen LogP contribution in [0.15, 0.2) is 33.7 Å². The van der Waals surface area contributed by atoms with Gasteiger partial charge in [0.05, 0.1) is 5.02 Å². The smallest absolute Gasteiger partial charge is 0.255 e. The van der Waals surface area contributed by atoms with Gasteiger partial charge in [0.15, 0.2) is 0 Å². The molecule has 0 fully saturated rings. The minimum atomic E-state index is -0.124. The van der Waals surface area contributed by atoms with Gasteiger partial charge in [0, 0.05) is 21.4 Å². The fourth-order valence-corrected chi connectivity index (χ4v) is 2.19. The molecule has 2 rings (SSSR count). The van der Waals surface area contributed by atoms with Crippen LogP contribution in [-0.4, -0.2) is 4.98 Å². The van der Waals surface area contributed by atoms with E-state index in [0.717, 1.165) is 9.86 Å². The molecule has 0 saturated carbocycles. The van der Waals surface area contributed by atoms with Gasteiger partial charge in [-0.2, -0.15) is 0 Å². The highest BCUT2D eigenvalue weighted by Gasteiger charge is 2.05. The van der Waals surface area contributed by atoms with Crippen molar-refractivity contribution in [3.8, 4) is 0 Å². The number of benzene rings is 1. The highest BCUT2D eigenvalue weighted by atomic mass is 79.9. The van der Waals surface area contributed by atoms with E-state index in [1.54, 1.807) is 12.1 Å². The van der Waals surface area contributed by atoms with E-state index in [4.69, 9.17) is 11.6 Å². The summed E-state index contributed by atoms with van der Waals surface area (Å²) < 4.78 is 0.834. The Morgan fingerprint density at radius 1 is 1.38 bits per heavy atom. The molecule has 0 saturated heterocycles. The van der Waals surface area contributed by atoms with Crippen molar-refractivity contribution in [3.63, 3.8) is 0 Å². The molecule has 66 valence electrons. The molecule has 0 bridgehead atoms. The van der Waals surface area contributed by atoms with E-state index in [2.05, 4.69) is 20.9 Å². The Morgan fingerprint density at radius 2 is 2.15 bits per heavy atom. The molecule has 0 radical (unpaired) electrons. The zero-order valence-electron chi connectivity index (χ0n) is 6.47. The third-order valence-electron chi connectivity index (χ3n) is 1.83. The SMILES string of the molecule is O=c1[nH]cc(Cl)c2c(Br)cccc12. The van der Waals surface area contributed by atoms with Crippen LogP contribution in [0.5, 0.6) is 0 Å². The van der Waals surface area contributed by atoms with E-state index >= 15 is 0 Å². The average molecular weight is 259 g/mol. The molecule has 1 aromatic heterocycles. The molecule has 1 N–H and O–H groups in total. The molecule has 0 spiro atoms. The first kappa shape index (κ1) is 8.78. The average Bonchev–Trinajstić information content (AvgIpc) is 2.12. The molecule has 0 aliphatic heterocycles. The normalized spacial score (nSPS) is 10.6. The van der Waals surface area contributed by atoms with E-state index in [9.17, 15) is 4.79 Å². The number of H-pyrrole nitrogens is 1. The van der Waals surface area contributed by atoms with Crippen LogP contribution in [0.25, 0.3) is 10.8 Å². The van der Waals surface area contributed by atoms with E-state index in [0.29, 0.717) is 10.4 Å². The first-order valence-corrected chi connectivity index (χ1v) is 4.82. The van der Waals surface area contributed by atoms with Gasteiger partial charge in [0.1, 0.15) is 0 Å². The zero-order valence-corrected chi connectivity index (χ0v) is 8.82. The topological polar surface area (TPSA) is 32.9 Å². The summed E-state index contributed by atoms with van der Waals surface area (Å²) in [7, 11) is 0. The zero-order chi connectivity index (χ0) is 9.42. The van der Waals surface area contributed by atoms with Crippen LogP contribution in [-0.2, 0) is 0 Å². The first-order valence-electron chi connectivity index (χ1n) is 3.65. The van der Waals surface area contributed by atoms with Crippen LogP contribution in [0.2, 0.25) is 5.02 Å². The molecule has 0 atom stereocenters. The highest BCUT2D eigenvalue weighted by molar-refractivity contribution is 9.10. The number of fused-ring (bicyclic) bond motifs is 1. The predicted molar refractivity (Wildman–Crippen MR) is 57.3 cm³/mol. The van der Waals surface area contributed by atoms with Crippen LogP contribution in [0, 0.1) is 0 Å². The van der Waals surface area contributed by atoms with Gasteiger partial charge >= 0.3 is 0 Å². The molecule has 4 heteroatoms. The summed E-state index contributed by atoms with van der Waals surface area (Å²) in [5.74, 6) is 0. The van der Waals surface area contributed by atoms with E-state index in [-0.39, 0.29) is 5.56 Å². The van der Waals surface area contributed by atoms with Gasteiger partial charge in [-0.15, -0.1) is 0 Å². The van der Waals surface area contributed by atoms with Gasteiger partial charge in [-0.25, -0.2) is 0 Å². The summed E-state index contributed by atoms with van der Waals surface area (Å²) in [6.45, 7) is 0. The van der Waals surface area contributed by atoms with Gasteiger partial charge in [-0.05, 0) is 12.1 Å². The van der Waals surface area contributed by atoms with Gasteiger partial charge < -0.3 is 4.98 Å². The standard InChI is InChI=1S/C9H5BrClNO/c10-6-3-1-2-5-8(6)7(11)4-12-9(5)13/h1-4H,(H,12,13). The third-order valence-corrected chi connectivity index (χ3v) is 2.79. The summed E-state index contributed by atoms with van der Waals surface area (Å²) in [5.41, 5.74) is -0.124. The lowest BCUT2D eigenvalue weighted by atomic mass is 10.2.